The molecule has 0 saturated heterocycles. The van der Waals surface area contributed by atoms with Crippen molar-refractivity contribution < 1.29 is 4.74 Å². The van der Waals surface area contributed by atoms with E-state index in [9.17, 15) is 0 Å². The van der Waals surface area contributed by atoms with E-state index >= 15 is 0 Å². The molecular formula is C10H10N4O. The Hall–Kier alpha value is -2.17. The molecule has 2 rings (SSSR count). The molecule has 15 heavy (non-hydrogen) atoms. The zero-order chi connectivity index (χ0) is 10.5. The molecular weight excluding hydrogens is 192 g/mol. The second kappa shape index (κ2) is 4.36. The van der Waals surface area contributed by atoms with Gasteiger partial charge in [-0.15, -0.1) is 0 Å². The lowest BCUT2D eigenvalue weighted by atomic mass is 10.4. The van der Waals surface area contributed by atoms with Crippen LogP contribution in [0.2, 0.25) is 0 Å². The van der Waals surface area contributed by atoms with Gasteiger partial charge >= 0.3 is 0 Å². The summed E-state index contributed by atoms with van der Waals surface area (Å²) in [7, 11) is 1.61. The first-order valence-corrected chi connectivity index (χ1v) is 4.41. The quantitative estimate of drug-likeness (QED) is 0.819. The van der Waals surface area contributed by atoms with Gasteiger partial charge in [-0.3, -0.25) is 0 Å². The second-order valence-corrected chi connectivity index (χ2v) is 2.80. The van der Waals surface area contributed by atoms with E-state index in [0.29, 0.717) is 5.82 Å². The Kier molecular flexibility index (Phi) is 2.73. The zero-order valence-corrected chi connectivity index (χ0v) is 8.21. The van der Waals surface area contributed by atoms with Crippen LogP contribution in [0.5, 0.6) is 5.75 Å². The van der Waals surface area contributed by atoms with Gasteiger partial charge in [0.1, 0.15) is 23.7 Å². The van der Waals surface area contributed by atoms with Gasteiger partial charge < -0.3 is 10.1 Å². The number of methoxy groups -OCH3 is 1. The van der Waals surface area contributed by atoms with Crippen molar-refractivity contribution >= 4 is 11.6 Å². The van der Waals surface area contributed by atoms with Crippen LogP contribution in [0, 0.1) is 0 Å². The summed E-state index contributed by atoms with van der Waals surface area (Å²) in [6.07, 6.45) is 4.79. The summed E-state index contributed by atoms with van der Waals surface area (Å²) in [5.74, 6) is 2.15. The third kappa shape index (κ3) is 2.40. The molecule has 0 aliphatic heterocycles. The van der Waals surface area contributed by atoms with Gasteiger partial charge in [-0.05, 0) is 18.2 Å². The summed E-state index contributed by atoms with van der Waals surface area (Å²) in [5, 5.41) is 3.04. The lowest BCUT2D eigenvalue weighted by molar-refractivity contribution is 0.413. The van der Waals surface area contributed by atoms with Crippen molar-refractivity contribution in [3.8, 4) is 5.75 Å². The maximum Gasteiger partial charge on any atom is 0.137 e. The van der Waals surface area contributed by atoms with Crippen LogP contribution in [0.15, 0.2) is 36.9 Å². The predicted molar refractivity (Wildman–Crippen MR) is 56.1 cm³/mol. The highest BCUT2D eigenvalue weighted by atomic mass is 16.5. The van der Waals surface area contributed by atoms with Crippen molar-refractivity contribution in [2.45, 2.75) is 0 Å². The van der Waals surface area contributed by atoms with E-state index in [2.05, 4.69) is 20.3 Å². The number of ether oxygens (including phenoxy) is 1. The van der Waals surface area contributed by atoms with E-state index in [-0.39, 0.29) is 0 Å². The highest BCUT2D eigenvalue weighted by Crippen LogP contribution is 2.14. The molecule has 0 atom stereocenters. The van der Waals surface area contributed by atoms with Gasteiger partial charge in [0.15, 0.2) is 0 Å². The molecule has 0 aliphatic carbocycles. The topological polar surface area (TPSA) is 59.9 Å². The van der Waals surface area contributed by atoms with Crippen LogP contribution in [0.25, 0.3) is 0 Å². The molecule has 0 amide bonds. The Bertz CT molecular complexity index is 415. The largest absolute Gasteiger partial charge is 0.495 e. The first-order chi connectivity index (χ1) is 7.38. The number of nitrogens with one attached hydrogen (secondary N) is 1. The summed E-state index contributed by atoms with van der Waals surface area (Å²) < 4.78 is 5.00. The molecule has 2 aromatic rings. The number of nitrogens with zero attached hydrogens (tertiary/aromatic N) is 3. The van der Waals surface area contributed by atoms with Crippen molar-refractivity contribution in [2.75, 3.05) is 12.4 Å². The first kappa shape index (κ1) is 9.39. The van der Waals surface area contributed by atoms with Crippen LogP contribution >= 0.6 is 0 Å². The number of pyridine rings is 1. The maximum absolute atomic E-state index is 5.00. The summed E-state index contributed by atoms with van der Waals surface area (Å²) in [6, 6.07) is 5.42. The molecule has 5 heteroatoms. The number of rotatable bonds is 3. The first-order valence-electron chi connectivity index (χ1n) is 4.41. The standard InChI is InChI=1S/C10H10N4O/c1-15-8-2-3-9(12-6-8)14-10-4-5-11-7-13-10/h2-7H,1H3,(H,11,12,13,14). The van der Waals surface area contributed by atoms with Crippen molar-refractivity contribution in [1.82, 2.24) is 15.0 Å². The number of hydrogen-bond acceptors (Lipinski definition) is 5. The Morgan fingerprint density at radius 2 is 2.00 bits per heavy atom. The Morgan fingerprint density at radius 1 is 1.13 bits per heavy atom. The van der Waals surface area contributed by atoms with Crippen LogP contribution in [-0.4, -0.2) is 22.1 Å². The van der Waals surface area contributed by atoms with Crippen molar-refractivity contribution in [1.29, 1.82) is 0 Å². The van der Waals surface area contributed by atoms with E-state index in [0.717, 1.165) is 11.6 Å². The fourth-order valence-corrected chi connectivity index (χ4v) is 1.07. The molecule has 0 spiro atoms. The summed E-state index contributed by atoms with van der Waals surface area (Å²) in [4.78, 5) is 12.0. The highest BCUT2D eigenvalue weighted by Gasteiger charge is 1.96. The maximum atomic E-state index is 5.00. The third-order valence-electron chi connectivity index (χ3n) is 1.81. The zero-order valence-electron chi connectivity index (χ0n) is 8.21. The molecule has 0 saturated carbocycles. The molecule has 0 radical (unpaired) electrons. The molecule has 0 fully saturated rings. The van der Waals surface area contributed by atoms with Gasteiger partial charge in [-0.2, -0.15) is 0 Å². The van der Waals surface area contributed by atoms with E-state index in [4.69, 9.17) is 4.74 Å². The molecule has 2 heterocycles. The van der Waals surface area contributed by atoms with Gasteiger partial charge in [0, 0.05) is 6.20 Å². The summed E-state index contributed by atoms with van der Waals surface area (Å²) >= 11 is 0. The molecule has 5 nitrogen and oxygen atoms in total. The van der Waals surface area contributed by atoms with E-state index in [1.165, 1.54) is 6.33 Å². The van der Waals surface area contributed by atoms with Crippen LogP contribution in [0.3, 0.4) is 0 Å². The smallest absolute Gasteiger partial charge is 0.137 e. The minimum Gasteiger partial charge on any atom is -0.495 e. The average molecular weight is 202 g/mol. The number of aromatic nitrogens is 3. The average Bonchev–Trinajstić information content (AvgIpc) is 2.31. The number of hydrogen-bond donors (Lipinski definition) is 1. The SMILES string of the molecule is COc1ccc(Nc2ccncn2)nc1. The Morgan fingerprint density at radius 3 is 2.60 bits per heavy atom. The van der Waals surface area contributed by atoms with Crippen molar-refractivity contribution in [3.05, 3.63) is 36.9 Å². The Labute approximate surface area is 87.2 Å². The van der Waals surface area contributed by atoms with Crippen LogP contribution in [0.4, 0.5) is 11.6 Å². The third-order valence-corrected chi connectivity index (χ3v) is 1.81. The lowest BCUT2D eigenvalue weighted by Gasteiger charge is -2.04. The van der Waals surface area contributed by atoms with Gasteiger partial charge in [0.2, 0.25) is 0 Å². The van der Waals surface area contributed by atoms with Gasteiger partial charge in [-0.25, -0.2) is 15.0 Å². The normalized spacial score (nSPS) is 9.67. The fraction of sp³-hybridized carbons (Fsp3) is 0.100. The fourth-order valence-electron chi connectivity index (χ4n) is 1.07. The molecule has 0 bridgehead atoms. The molecule has 0 unspecified atom stereocenters. The van der Waals surface area contributed by atoms with Crippen LogP contribution < -0.4 is 10.1 Å². The minimum atomic E-state index is 0.711. The van der Waals surface area contributed by atoms with Crippen molar-refractivity contribution in [2.24, 2.45) is 0 Å². The molecule has 1 N–H and O–H groups in total. The predicted octanol–water partition coefficient (Wildman–Crippen LogP) is 1.62. The highest BCUT2D eigenvalue weighted by molar-refractivity contribution is 5.51. The second-order valence-electron chi connectivity index (χ2n) is 2.80. The molecule has 76 valence electrons. The minimum absolute atomic E-state index is 0.711. The Balaban J connectivity index is 2.11. The molecule has 0 aliphatic rings. The van der Waals surface area contributed by atoms with Gasteiger partial charge in [0.05, 0.1) is 13.3 Å². The van der Waals surface area contributed by atoms with E-state index < -0.39 is 0 Å². The van der Waals surface area contributed by atoms with E-state index in [1.807, 2.05) is 12.1 Å². The van der Waals surface area contributed by atoms with E-state index in [1.54, 1.807) is 25.6 Å². The monoisotopic (exact) mass is 202 g/mol. The number of anilines is 2. The van der Waals surface area contributed by atoms with Crippen LogP contribution in [-0.2, 0) is 0 Å². The summed E-state index contributed by atoms with van der Waals surface area (Å²) in [6.45, 7) is 0. The lowest BCUT2D eigenvalue weighted by Crippen LogP contribution is -1.95. The van der Waals surface area contributed by atoms with Gasteiger partial charge in [0.25, 0.3) is 0 Å². The van der Waals surface area contributed by atoms with Crippen molar-refractivity contribution in [3.63, 3.8) is 0 Å². The van der Waals surface area contributed by atoms with Gasteiger partial charge in [-0.1, -0.05) is 0 Å². The summed E-state index contributed by atoms with van der Waals surface area (Å²) in [5.41, 5.74) is 0. The van der Waals surface area contributed by atoms with Crippen LogP contribution in [0.1, 0.15) is 0 Å². The molecule has 0 aromatic carbocycles. The molecule has 2 aromatic heterocycles.